The minimum absolute atomic E-state index is 0.531. The highest BCUT2D eigenvalue weighted by Gasteiger charge is 2.06. The molecule has 0 amide bonds. The quantitative estimate of drug-likeness (QED) is 0.839. The third kappa shape index (κ3) is 3.28. The highest BCUT2D eigenvalue weighted by molar-refractivity contribution is 9.10. The van der Waals surface area contributed by atoms with Gasteiger partial charge in [-0.1, -0.05) is 35.0 Å². The molecular formula is C11H7BrCl2N2S. The van der Waals surface area contributed by atoms with E-state index >= 15 is 0 Å². The van der Waals surface area contributed by atoms with E-state index in [1.807, 2.05) is 12.1 Å². The van der Waals surface area contributed by atoms with Crippen molar-refractivity contribution in [3.8, 4) is 0 Å². The molecule has 0 saturated heterocycles. The first-order valence-corrected chi connectivity index (χ1v) is 6.97. The van der Waals surface area contributed by atoms with Crippen LogP contribution in [0, 0.1) is 0 Å². The molecule has 0 radical (unpaired) electrons. The normalized spacial score (nSPS) is 10.5. The highest BCUT2D eigenvalue weighted by Crippen LogP contribution is 2.35. The zero-order chi connectivity index (χ0) is 12.4. The Morgan fingerprint density at radius 3 is 2.59 bits per heavy atom. The van der Waals surface area contributed by atoms with Gasteiger partial charge in [-0.2, -0.15) is 0 Å². The average Bonchev–Trinajstić information content (AvgIpc) is 2.27. The highest BCUT2D eigenvalue weighted by atomic mass is 79.9. The molecular weight excluding hydrogens is 343 g/mol. The van der Waals surface area contributed by atoms with E-state index in [9.17, 15) is 0 Å². The van der Waals surface area contributed by atoms with Gasteiger partial charge >= 0.3 is 0 Å². The van der Waals surface area contributed by atoms with Gasteiger partial charge in [0.2, 0.25) is 0 Å². The first-order valence-electron chi connectivity index (χ1n) is 4.60. The fraction of sp³-hybridized carbons (Fsp3) is 0. The molecule has 0 unspecified atom stereocenters. The Bertz CT molecular complexity index is 563. The van der Waals surface area contributed by atoms with Crippen LogP contribution in [-0.4, -0.2) is 4.98 Å². The van der Waals surface area contributed by atoms with Crippen molar-refractivity contribution in [2.45, 2.75) is 9.92 Å². The van der Waals surface area contributed by atoms with Crippen LogP contribution in [-0.2, 0) is 0 Å². The fourth-order valence-corrected chi connectivity index (χ4v) is 2.94. The molecule has 1 heterocycles. The summed E-state index contributed by atoms with van der Waals surface area (Å²) in [6.07, 6.45) is 1.62. The van der Waals surface area contributed by atoms with E-state index in [1.165, 1.54) is 11.8 Å². The summed E-state index contributed by atoms with van der Waals surface area (Å²) < 4.78 is 0.855. The van der Waals surface area contributed by atoms with Gasteiger partial charge in [0, 0.05) is 4.90 Å². The predicted octanol–water partition coefficient (Wildman–Crippen LogP) is 4.88. The molecule has 0 spiro atoms. The van der Waals surface area contributed by atoms with Crippen molar-refractivity contribution >= 4 is 56.6 Å². The Hall–Kier alpha value is -0.420. The van der Waals surface area contributed by atoms with Gasteiger partial charge in [-0.15, -0.1) is 0 Å². The monoisotopic (exact) mass is 348 g/mol. The number of halogens is 3. The standard InChI is InChI=1S/C11H7BrCl2N2S/c12-8-3-6(15)5-16-11(8)17-7-1-2-9(13)10(14)4-7/h1-5H,15H2. The summed E-state index contributed by atoms with van der Waals surface area (Å²) in [7, 11) is 0. The molecule has 17 heavy (non-hydrogen) atoms. The molecule has 0 aliphatic rings. The Morgan fingerprint density at radius 1 is 1.18 bits per heavy atom. The third-order valence-electron chi connectivity index (χ3n) is 1.93. The molecule has 1 aromatic carbocycles. The molecule has 0 saturated carbocycles. The molecule has 2 nitrogen and oxygen atoms in total. The second kappa shape index (κ2) is 5.48. The van der Waals surface area contributed by atoms with Crippen molar-refractivity contribution in [2.24, 2.45) is 0 Å². The fourth-order valence-electron chi connectivity index (χ4n) is 1.17. The second-order valence-electron chi connectivity index (χ2n) is 3.23. The van der Waals surface area contributed by atoms with Gasteiger partial charge in [0.05, 0.1) is 26.4 Å². The van der Waals surface area contributed by atoms with Crippen molar-refractivity contribution < 1.29 is 0 Å². The van der Waals surface area contributed by atoms with E-state index < -0.39 is 0 Å². The number of nitrogen functional groups attached to an aromatic ring is 1. The van der Waals surface area contributed by atoms with Gasteiger partial charge in [-0.3, -0.25) is 0 Å². The average molecular weight is 350 g/mol. The van der Waals surface area contributed by atoms with E-state index in [0.717, 1.165) is 14.4 Å². The molecule has 0 aliphatic carbocycles. The van der Waals surface area contributed by atoms with Gasteiger partial charge in [0.1, 0.15) is 5.03 Å². The summed E-state index contributed by atoms with van der Waals surface area (Å²) >= 11 is 16.7. The zero-order valence-electron chi connectivity index (χ0n) is 8.45. The van der Waals surface area contributed by atoms with Crippen molar-refractivity contribution in [1.82, 2.24) is 4.98 Å². The summed E-state index contributed by atoms with van der Waals surface area (Å²) in [6, 6.07) is 7.27. The van der Waals surface area contributed by atoms with Crippen LogP contribution in [0.1, 0.15) is 0 Å². The number of pyridine rings is 1. The van der Waals surface area contributed by atoms with Crippen LogP contribution in [0.3, 0.4) is 0 Å². The van der Waals surface area contributed by atoms with Gasteiger partial charge < -0.3 is 5.73 Å². The predicted molar refractivity (Wildman–Crippen MR) is 76.9 cm³/mol. The summed E-state index contributed by atoms with van der Waals surface area (Å²) in [5.74, 6) is 0. The van der Waals surface area contributed by atoms with Crippen LogP contribution >= 0.6 is 50.9 Å². The molecule has 2 rings (SSSR count). The Labute approximate surface area is 122 Å². The van der Waals surface area contributed by atoms with Crippen LogP contribution in [0.2, 0.25) is 10.0 Å². The molecule has 0 bridgehead atoms. The molecule has 1 aromatic heterocycles. The molecule has 2 N–H and O–H groups in total. The van der Waals surface area contributed by atoms with Gasteiger partial charge in [-0.25, -0.2) is 4.98 Å². The van der Waals surface area contributed by atoms with Crippen LogP contribution in [0.25, 0.3) is 0 Å². The van der Waals surface area contributed by atoms with E-state index in [2.05, 4.69) is 20.9 Å². The summed E-state index contributed by atoms with van der Waals surface area (Å²) in [6.45, 7) is 0. The number of aromatic nitrogens is 1. The minimum atomic E-state index is 0.531. The topological polar surface area (TPSA) is 38.9 Å². The zero-order valence-corrected chi connectivity index (χ0v) is 12.4. The van der Waals surface area contributed by atoms with Gasteiger partial charge in [-0.05, 0) is 40.2 Å². The maximum atomic E-state index is 5.95. The number of nitrogens with two attached hydrogens (primary N) is 1. The second-order valence-corrected chi connectivity index (χ2v) is 5.96. The largest absolute Gasteiger partial charge is 0.397 e. The molecule has 0 atom stereocenters. The lowest BCUT2D eigenvalue weighted by Crippen LogP contribution is -1.88. The number of hydrogen-bond donors (Lipinski definition) is 1. The Kier molecular flexibility index (Phi) is 4.20. The third-order valence-corrected chi connectivity index (χ3v) is 4.55. The van der Waals surface area contributed by atoms with E-state index in [1.54, 1.807) is 18.3 Å². The molecule has 88 valence electrons. The van der Waals surface area contributed by atoms with Crippen LogP contribution < -0.4 is 5.73 Å². The van der Waals surface area contributed by atoms with E-state index in [0.29, 0.717) is 15.7 Å². The van der Waals surface area contributed by atoms with E-state index in [4.69, 9.17) is 28.9 Å². The summed E-state index contributed by atoms with van der Waals surface area (Å²) in [4.78, 5) is 5.21. The number of benzene rings is 1. The van der Waals surface area contributed by atoms with Gasteiger partial charge in [0.15, 0.2) is 0 Å². The van der Waals surface area contributed by atoms with Crippen LogP contribution in [0.4, 0.5) is 5.69 Å². The lowest BCUT2D eigenvalue weighted by atomic mass is 10.4. The SMILES string of the molecule is Nc1cnc(Sc2ccc(Cl)c(Cl)c2)c(Br)c1. The maximum Gasteiger partial charge on any atom is 0.115 e. The molecule has 6 heteroatoms. The number of anilines is 1. The molecule has 0 aliphatic heterocycles. The van der Waals surface area contributed by atoms with Gasteiger partial charge in [0.25, 0.3) is 0 Å². The van der Waals surface area contributed by atoms with Crippen molar-refractivity contribution in [3.05, 3.63) is 45.0 Å². The van der Waals surface area contributed by atoms with Crippen molar-refractivity contribution in [2.75, 3.05) is 5.73 Å². The number of rotatable bonds is 2. The van der Waals surface area contributed by atoms with Crippen LogP contribution in [0.5, 0.6) is 0 Å². The maximum absolute atomic E-state index is 5.95. The first kappa shape index (κ1) is 13.0. The number of nitrogens with zero attached hydrogens (tertiary/aromatic N) is 1. The smallest absolute Gasteiger partial charge is 0.115 e. The Balaban J connectivity index is 2.28. The lowest BCUT2D eigenvalue weighted by Gasteiger charge is -2.05. The van der Waals surface area contributed by atoms with Crippen molar-refractivity contribution in [1.29, 1.82) is 0 Å². The Morgan fingerprint density at radius 2 is 1.94 bits per heavy atom. The minimum Gasteiger partial charge on any atom is -0.397 e. The first-order chi connectivity index (χ1) is 8.06. The van der Waals surface area contributed by atoms with E-state index in [-0.39, 0.29) is 0 Å². The van der Waals surface area contributed by atoms with Crippen molar-refractivity contribution in [3.63, 3.8) is 0 Å². The number of hydrogen-bond acceptors (Lipinski definition) is 3. The summed E-state index contributed by atoms with van der Waals surface area (Å²) in [5.41, 5.74) is 6.25. The molecule has 2 aromatic rings. The summed E-state index contributed by atoms with van der Waals surface area (Å²) in [5, 5.41) is 1.90. The lowest BCUT2D eigenvalue weighted by molar-refractivity contribution is 1.11. The molecule has 0 fully saturated rings. The van der Waals surface area contributed by atoms with Crippen LogP contribution in [0.15, 0.2) is 44.9 Å².